The first kappa shape index (κ1) is 16.8. The number of anilines is 1. The average molecular weight is 312 g/mol. The number of nitrogens with one attached hydrogen (secondary N) is 1. The van der Waals surface area contributed by atoms with Gasteiger partial charge < -0.3 is 5.32 Å². The zero-order chi connectivity index (χ0) is 15.6. The maximum Gasteiger partial charge on any atom is 0.408 e. The van der Waals surface area contributed by atoms with E-state index in [9.17, 15) is 18.0 Å². The van der Waals surface area contributed by atoms with Crippen molar-refractivity contribution in [3.63, 3.8) is 0 Å². The van der Waals surface area contributed by atoms with Crippen molar-refractivity contribution in [2.45, 2.75) is 39.9 Å². The molecule has 0 unspecified atom stereocenters. The molecule has 0 spiro atoms. The van der Waals surface area contributed by atoms with Crippen molar-refractivity contribution in [1.82, 2.24) is 9.78 Å². The first-order valence-corrected chi connectivity index (χ1v) is 6.50. The second kappa shape index (κ2) is 6.03. The fourth-order valence-corrected chi connectivity index (χ4v) is 1.54. The SMILES string of the molecule is CCC(C)(C)CNc1cnn(CC(F)(F)F)c(=O)c1Cl. The van der Waals surface area contributed by atoms with Gasteiger partial charge in [-0.05, 0) is 11.8 Å². The van der Waals surface area contributed by atoms with Crippen molar-refractivity contribution in [1.29, 1.82) is 0 Å². The molecule has 8 heteroatoms. The Morgan fingerprint density at radius 1 is 1.40 bits per heavy atom. The van der Waals surface area contributed by atoms with Crippen LogP contribution in [0.3, 0.4) is 0 Å². The normalized spacial score (nSPS) is 12.6. The number of nitrogens with zero attached hydrogens (tertiary/aromatic N) is 2. The minimum absolute atomic E-state index is 0.0237. The van der Waals surface area contributed by atoms with Gasteiger partial charge in [-0.25, -0.2) is 4.68 Å². The van der Waals surface area contributed by atoms with Crippen molar-refractivity contribution < 1.29 is 13.2 Å². The Morgan fingerprint density at radius 3 is 2.50 bits per heavy atom. The summed E-state index contributed by atoms with van der Waals surface area (Å²) in [5.74, 6) is 0. The molecule has 0 aromatic carbocycles. The molecule has 0 aliphatic rings. The lowest BCUT2D eigenvalue weighted by Crippen LogP contribution is -2.31. The van der Waals surface area contributed by atoms with Crippen LogP contribution in [-0.2, 0) is 6.54 Å². The summed E-state index contributed by atoms with van der Waals surface area (Å²) < 4.78 is 37.0. The van der Waals surface area contributed by atoms with E-state index in [2.05, 4.69) is 10.4 Å². The molecule has 0 aliphatic carbocycles. The van der Waals surface area contributed by atoms with Gasteiger partial charge in [-0.2, -0.15) is 18.3 Å². The molecule has 1 heterocycles. The van der Waals surface area contributed by atoms with Crippen molar-refractivity contribution in [3.05, 3.63) is 21.6 Å². The minimum Gasteiger partial charge on any atom is -0.382 e. The molecule has 0 saturated heterocycles. The van der Waals surface area contributed by atoms with Gasteiger partial charge in [0.05, 0.1) is 11.9 Å². The molecule has 0 bridgehead atoms. The Bertz CT molecular complexity index is 526. The number of hydrogen-bond donors (Lipinski definition) is 1. The quantitative estimate of drug-likeness (QED) is 0.907. The molecule has 4 nitrogen and oxygen atoms in total. The smallest absolute Gasteiger partial charge is 0.382 e. The van der Waals surface area contributed by atoms with Crippen LogP contribution in [0.1, 0.15) is 27.2 Å². The third-order valence-electron chi connectivity index (χ3n) is 3.03. The van der Waals surface area contributed by atoms with Crippen LogP contribution < -0.4 is 10.9 Å². The fourth-order valence-electron chi connectivity index (χ4n) is 1.33. The molecular formula is C12H17ClF3N3O. The maximum atomic E-state index is 12.2. The summed E-state index contributed by atoms with van der Waals surface area (Å²) in [6.45, 7) is 5.14. The van der Waals surface area contributed by atoms with Gasteiger partial charge in [0.2, 0.25) is 0 Å². The summed E-state index contributed by atoms with van der Waals surface area (Å²) >= 11 is 5.80. The lowest BCUT2D eigenvalue weighted by Gasteiger charge is -2.23. The molecule has 0 atom stereocenters. The van der Waals surface area contributed by atoms with E-state index in [-0.39, 0.29) is 16.1 Å². The van der Waals surface area contributed by atoms with E-state index in [1.165, 1.54) is 0 Å². The number of aromatic nitrogens is 2. The van der Waals surface area contributed by atoms with Crippen molar-refractivity contribution in [2.24, 2.45) is 5.41 Å². The van der Waals surface area contributed by atoms with Crippen LogP contribution in [0, 0.1) is 5.41 Å². The van der Waals surface area contributed by atoms with Crippen LogP contribution in [0.2, 0.25) is 5.02 Å². The molecule has 0 saturated carbocycles. The zero-order valence-electron chi connectivity index (χ0n) is 11.5. The van der Waals surface area contributed by atoms with Gasteiger partial charge in [0, 0.05) is 6.54 Å². The zero-order valence-corrected chi connectivity index (χ0v) is 12.3. The molecule has 0 aliphatic heterocycles. The second-order valence-corrected chi connectivity index (χ2v) is 5.70. The van der Waals surface area contributed by atoms with Gasteiger partial charge in [0.15, 0.2) is 0 Å². The van der Waals surface area contributed by atoms with Crippen LogP contribution in [0.25, 0.3) is 0 Å². The Morgan fingerprint density at radius 2 is 2.00 bits per heavy atom. The van der Waals surface area contributed by atoms with E-state index in [0.29, 0.717) is 11.2 Å². The second-order valence-electron chi connectivity index (χ2n) is 5.32. The van der Waals surface area contributed by atoms with Crippen LogP contribution in [0.15, 0.2) is 11.0 Å². The van der Waals surface area contributed by atoms with Gasteiger partial charge in [0.1, 0.15) is 11.6 Å². The predicted molar refractivity (Wildman–Crippen MR) is 72.1 cm³/mol. The summed E-state index contributed by atoms with van der Waals surface area (Å²) in [5.41, 5.74) is -0.732. The molecule has 1 aromatic rings. The molecule has 114 valence electrons. The summed E-state index contributed by atoms with van der Waals surface area (Å²) in [4.78, 5) is 11.7. The molecule has 0 fully saturated rings. The van der Waals surface area contributed by atoms with Crippen LogP contribution in [0.5, 0.6) is 0 Å². The number of rotatable bonds is 5. The van der Waals surface area contributed by atoms with Crippen LogP contribution in [0.4, 0.5) is 18.9 Å². The molecular weight excluding hydrogens is 295 g/mol. The lowest BCUT2D eigenvalue weighted by atomic mass is 9.90. The first-order valence-electron chi connectivity index (χ1n) is 6.12. The highest BCUT2D eigenvalue weighted by Crippen LogP contribution is 2.23. The third-order valence-corrected chi connectivity index (χ3v) is 3.39. The number of halogens is 4. The molecule has 20 heavy (non-hydrogen) atoms. The molecule has 1 rings (SSSR count). The lowest BCUT2D eigenvalue weighted by molar-refractivity contribution is -0.143. The van der Waals surface area contributed by atoms with E-state index in [1.807, 2.05) is 20.8 Å². The van der Waals surface area contributed by atoms with E-state index < -0.39 is 18.3 Å². The first-order chi connectivity index (χ1) is 9.06. The Labute approximate surface area is 119 Å². The van der Waals surface area contributed by atoms with Crippen LogP contribution >= 0.6 is 11.6 Å². The van der Waals surface area contributed by atoms with E-state index in [0.717, 1.165) is 12.6 Å². The van der Waals surface area contributed by atoms with Crippen LogP contribution in [-0.4, -0.2) is 22.5 Å². The summed E-state index contributed by atoms with van der Waals surface area (Å²) in [5, 5.41) is 6.15. The van der Waals surface area contributed by atoms with E-state index in [4.69, 9.17) is 11.6 Å². The Kier molecular flexibility index (Phi) is 5.07. The summed E-state index contributed by atoms with van der Waals surface area (Å²) in [7, 11) is 0. The van der Waals surface area contributed by atoms with E-state index >= 15 is 0 Å². The number of hydrogen-bond acceptors (Lipinski definition) is 3. The predicted octanol–water partition coefficient (Wildman–Crippen LogP) is 3.31. The average Bonchev–Trinajstić information content (AvgIpc) is 2.33. The Balaban J connectivity index is 2.93. The highest BCUT2D eigenvalue weighted by atomic mass is 35.5. The highest BCUT2D eigenvalue weighted by Gasteiger charge is 2.29. The molecule has 1 aromatic heterocycles. The van der Waals surface area contributed by atoms with Gasteiger partial charge in [0.25, 0.3) is 5.56 Å². The standard InChI is InChI=1S/C12H17ClF3N3O/c1-4-11(2,3)6-17-8-5-18-19(7-12(14,15)16)10(20)9(8)13/h5,17H,4,6-7H2,1-3H3. The minimum atomic E-state index is -4.51. The highest BCUT2D eigenvalue weighted by molar-refractivity contribution is 6.32. The maximum absolute atomic E-state index is 12.2. The number of alkyl halides is 3. The molecule has 0 amide bonds. The van der Waals surface area contributed by atoms with Crippen molar-refractivity contribution in [3.8, 4) is 0 Å². The summed E-state index contributed by atoms with van der Waals surface area (Å²) in [6, 6.07) is 0. The van der Waals surface area contributed by atoms with Crippen molar-refractivity contribution >= 4 is 17.3 Å². The van der Waals surface area contributed by atoms with Gasteiger partial charge in [-0.3, -0.25) is 4.79 Å². The molecule has 1 N–H and O–H groups in total. The summed E-state index contributed by atoms with van der Waals surface area (Å²) in [6.07, 6.45) is -2.48. The third kappa shape index (κ3) is 4.70. The monoisotopic (exact) mass is 311 g/mol. The van der Waals surface area contributed by atoms with E-state index in [1.54, 1.807) is 0 Å². The van der Waals surface area contributed by atoms with Gasteiger partial charge >= 0.3 is 6.18 Å². The van der Waals surface area contributed by atoms with Gasteiger partial charge in [-0.15, -0.1) is 0 Å². The Hall–Kier alpha value is -1.24. The fraction of sp³-hybridized carbons (Fsp3) is 0.667. The van der Waals surface area contributed by atoms with Crippen molar-refractivity contribution in [2.75, 3.05) is 11.9 Å². The molecule has 0 radical (unpaired) electrons. The topological polar surface area (TPSA) is 46.9 Å². The largest absolute Gasteiger partial charge is 0.408 e. The van der Waals surface area contributed by atoms with Gasteiger partial charge in [-0.1, -0.05) is 32.4 Å².